The van der Waals surface area contributed by atoms with Gasteiger partial charge in [0.25, 0.3) is 2.14 Å². The molecule has 0 aliphatic carbocycles. The Morgan fingerprint density at radius 1 is 0.917 bits per heavy atom. The van der Waals surface area contributed by atoms with Crippen LogP contribution in [0.1, 0.15) is 0 Å². The van der Waals surface area contributed by atoms with Crippen LogP contribution in [-0.2, 0) is 0 Å². The van der Waals surface area contributed by atoms with Crippen molar-refractivity contribution in [3.63, 3.8) is 0 Å². The Bertz CT molecular complexity index is 210. The van der Waals surface area contributed by atoms with Crippen LogP contribution in [0.2, 0.25) is 0 Å². The third kappa shape index (κ3) is 2.15. The first-order valence-corrected chi connectivity index (χ1v) is 5.36. The normalized spacial score (nSPS) is 12.7. The van der Waals surface area contributed by atoms with E-state index in [9.17, 15) is 20.2 Å². The van der Waals surface area contributed by atoms with Crippen molar-refractivity contribution < 1.29 is 9.85 Å². The zero-order chi connectivity index (χ0) is 10.2. The van der Waals surface area contributed by atoms with Crippen LogP contribution in [0, 0.1) is 20.2 Å². The summed E-state index contributed by atoms with van der Waals surface area (Å²) in [5, 5.41) is 20.7. The molecule has 6 nitrogen and oxygen atoms in total. The minimum atomic E-state index is -2.56. The van der Waals surface area contributed by atoms with Crippen molar-refractivity contribution >= 4 is 63.7 Å². The highest BCUT2D eigenvalue weighted by atomic mass is 80.0. The highest BCUT2D eigenvalue weighted by Gasteiger charge is 2.68. The van der Waals surface area contributed by atoms with E-state index in [1.807, 2.05) is 0 Å². The van der Waals surface area contributed by atoms with Crippen molar-refractivity contribution in [2.75, 3.05) is 0 Å². The van der Waals surface area contributed by atoms with Crippen molar-refractivity contribution in [2.24, 2.45) is 0 Å². The summed E-state index contributed by atoms with van der Waals surface area (Å²) in [6, 6.07) is 0. The van der Waals surface area contributed by atoms with Gasteiger partial charge in [-0.25, -0.2) is 0 Å². The number of nitro groups is 2. The summed E-state index contributed by atoms with van der Waals surface area (Å²) < 4.78 is -4.20. The Morgan fingerprint density at radius 2 is 1.17 bits per heavy atom. The molecule has 0 spiro atoms. The quantitative estimate of drug-likeness (QED) is 0.219. The Kier molecular flexibility index (Phi) is 4.07. The van der Waals surface area contributed by atoms with E-state index < -0.39 is 16.6 Å². The van der Waals surface area contributed by atoms with E-state index in [1.165, 1.54) is 0 Å². The van der Waals surface area contributed by atoms with Crippen LogP contribution in [0.3, 0.4) is 0 Å². The van der Waals surface area contributed by atoms with Crippen LogP contribution in [0.5, 0.6) is 0 Å². The molecule has 0 unspecified atom stereocenters. The molecule has 0 bridgehead atoms. The fourth-order valence-electron chi connectivity index (χ4n) is 0.274. The molecule has 0 amide bonds. The molecule has 70 valence electrons. The summed E-state index contributed by atoms with van der Waals surface area (Å²) in [7, 11) is 0. The number of hydrogen-bond donors (Lipinski definition) is 0. The minimum Gasteiger partial charge on any atom is -0.257 e. The molecule has 0 aromatic rings. The average molecular weight is 436 g/mol. The maximum Gasteiger partial charge on any atom is 0.544 e. The van der Waals surface area contributed by atoms with Crippen LogP contribution in [0.15, 0.2) is 0 Å². The van der Waals surface area contributed by atoms with E-state index in [-0.39, 0.29) is 0 Å². The number of nitrogens with zero attached hydrogens (tertiary/aromatic N) is 2. The molecule has 0 N–H and O–H groups in total. The van der Waals surface area contributed by atoms with Gasteiger partial charge in [0.15, 0.2) is 0 Å². The van der Waals surface area contributed by atoms with Gasteiger partial charge in [0.2, 0.25) is 0 Å². The van der Waals surface area contributed by atoms with Crippen LogP contribution in [0.4, 0.5) is 0 Å². The lowest BCUT2D eigenvalue weighted by Gasteiger charge is -2.17. The summed E-state index contributed by atoms with van der Waals surface area (Å²) in [5.74, 6) is 0. The van der Waals surface area contributed by atoms with Crippen molar-refractivity contribution in [3.05, 3.63) is 20.2 Å². The van der Waals surface area contributed by atoms with Crippen LogP contribution in [-0.4, -0.2) is 16.6 Å². The molecule has 0 aromatic heterocycles. The number of alkyl halides is 4. The third-order valence-corrected chi connectivity index (χ3v) is 5.27. The van der Waals surface area contributed by atoms with Crippen molar-refractivity contribution in [1.29, 1.82) is 0 Å². The van der Waals surface area contributed by atoms with Crippen molar-refractivity contribution in [1.82, 2.24) is 0 Å². The molecular formula is C2Br4N2O4. The van der Waals surface area contributed by atoms with Gasteiger partial charge in [0, 0.05) is 0 Å². The largest absolute Gasteiger partial charge is 0.544 e. The van der Waals surface area contributed by atoms with Crippen molar-refractivity contribution in [2.45, 2.75) is 6.71 Å². The second-order valence-electron chi connectivity index (χ2n) is 1.60. The molecule has 0 radical (unpaired) electrons. The molecule has 0 aromatic carbocycles. The van der Waals surface area contributed by atoms with Crippen molar-refractivity contribution in [3.8, 4) is 0 Å². The highest BCUT2D eigenvalue weighted by molar-refractivity contribution is 9.40. The molecule has 0 atom stereocenters. The molecule has 0 saturated carbocycles. The molecule has 12 heavy (non-hydrogen) atoms. The van der Waals surface area contributed by atoms with Gasteiger partial charge in [0.1, 0.15) is 9.85 Å². The van der Waals surface area contributed by atoms with Gasteiger partial charge in [-0.2, -0.15) is 0 Å². The predicted molar refractivity (Wildman–Crippen MR) is 55.2 cm³/mol. The van der Waals surface area contributed by atoms with E-state index in [2.05, 4.69) is 63.7 Å². The van der Waals surface area contributed by atoms with Crippen LogP contribution < -0.4 is 0 Å². The number of rotatable bonds is 2. The maximum absolute atomic E-state index is 10.3. The Balaban J connectivity index is 5.17. The Morgan fingerprint density at radius 3 is 1.17 bits per heavy atom. The molecule has 0 aliphatic rings. The molecule has 0 fully saturated rings. The lowest BCUT2D eigenvalue weighted by Crippen LogP contribution is -2.50. The summed E-state index contributed by atoms with van der Waals surface area (Å²) in [5.41, 5.74) is 0. The number of hydrogen-bond acceptors (Lipinski definition) is 4. The molecular weight excluding hydrogens is 436 g/mol. The fraction of sp³-hybridized carbons (Fsp3) is 1.00. The van der Waals surface area contributed by atoms with Gasteiger partial charge in [-0.15, -0.1) is 0 Å². The molecule has 0 saturated heterocycles. The lowest BCUT2D eigenvalue weighted by atomic mass is 10.6. The highest BCUT2D eigenvalue weighted by Crippen LogP contribution is 2.49. The lowest BCUT2D eigenvalue weighted by molar-refractivity contribution is -0.754. The summed E-state index contributed by atoms with van der Waals surface area (Å²) in [6.07, 6.45) is 0. The average Bonchev–Trinajstić information content (AvgIpc) is 1.82. The predicted octanol–water partition coefficient (Wildman–Crippen LogP) is 2.43. The smallest absolute Gasteiger partial charge is 0.257 e. The molecule has 0 aliphatic heterocycles. The van der Waals surface area contributed by atoms with E-state index in [0.29, 0.717) is 0 Å². The second kappa shape index (κ2) is 3.84. The van der Waals surface area contributed by atoms with E-state index in [0.717, 1.165) is 0 Å². The van der Waals surface area contributed by atoms with Gasteiger partial charge in [0.05, 0.1) is 15.9 Å². The first-order valence-electron chi connectivity index (χ1n) is 2.18. The van der Waals surface area contributed by atoms with Crippen LogP contribution >= 0.6 is 63.7 Å². The summed E-state index contributed by atoms with van der Waals surface area (Å²) >= 11 is 10.5. The first kappa shape index (κ1) is 12.7. The second-order valence-corrected chi connectivity index (χ2v) is 9.47. The summed E-state index contributed by atoms with van der Waals surface area (Å²) in [4.78, 5) is 18.5. The Labute approximate surface area is 99.9 Å². The zero-order valence-electron chi connectivity index (χ0n) is 5.04. The third-order valence-electron chi connectivity index (χ3n) is 0.845. The monoisotopic (exact) mass is 432 g/mol. The van der Waals surface area contributed by atoms with Gasteiger partial charge in [-0.1, -0.05) is 0 Å². The van der Waals surface area contributed by atoms with Gasteiger partial charge < -0.3 is 0 Å². The fourth-order valence-corrected chi connectivity index (χ4v) is 1.14. The first-order chi connectivity index (χ1) is 5.14. The van der Waals surface area contributed by atoms with Gasteiger partial charge >= 0.3 is 4.57 Å². The van der Waals surface area contributed by atoms with E-state index in [4.69, 9.17) is 0 Å². The van der Waals surface area contributed by atoms with E-state index in [1.54, 1.807) is 0 Å². The molecule has 0 heterocycles. The standard InChI is InChI=1S/C2Br4N2O4/c3-1(4,5)2(6,7(9)10)8(11)12. The minimum absolute atomic E-state index is 1.08. The SMILES string of the molecule is O=[N+]([O-])C(Br)([N+](=O)[O-])C(Br)(Br)Br. The molecule has 0 rings (SSSR count). The van der Waals surface area contributed by atoms with Gasteiger partial charge in [-0.3, -0.25) is 20.2 Å². The van der Waals surface area contributed by atoms with Gasteiger partial charge in [-0.05, 0) is 47.8 Å². The maximum atomic E-state index is 10.3. The molecule has 10 heteroatoms. The number of halogens is 4. The topological polar surface area (TPSA) is 86.3 Å². The zero-order valence-corrected chi connectivity index (χ0v) is 11.4. The van der Waals surface area contributed by atoms with Crippen LogP contribution in [0.25, 0.3) is 0 Å². The summed E-state index contributed by atoms with van der Waals surface area (Å²) in [6.45, 7) is 0. The van der Waals surface area contributed by atoms with E-state index >= 15 is 0 Å². The Hall–Kier alpha value is 0.720.